The maximum atomic E-state index is 10.8. The monoisotopic (exact) mass is 253 g/mol. The number of pyridine rings is 1. The number of rotatable bonds is 2. The molecule has 92 valence electrons. The fourth-order valence-electron chi connectivity index (χ4n) is 1.84. The summed E-state index contributed by atoms with van der Waals surface area (Å²) in [6.07, 6.45) is 3.01. The molecular formula is C11H15N3O2S. The molecule has 0 saturated carbocycles. The zero-order valence-electron chi connectivity index (χ0n) is 9.67. The van der Waals surface area contributed by atoms with Crippen LogP contribution in [0, 0.1) is 0 Å². The van der Waals surface area contributed by atoms with E-state index in [0.717, 1.165) is 23.8 Å². The number of carbonyl (C=O) groups is 1. The molecule has 2 rings (SSSR count). The Morgan fingerprint density at radius 1 is 1.35 bits per heavy atom. The van der Waals surface area contributed by atoms with Gasteiger partial charge in [-0.3, -0.25) is 0 Å². The van der Waals surface area contributed by atoms with Crippen LogP contribution in [-0.4, -0.2) is 53.5 Å². The van der Waals surface area contributed by atoms with Crippen LogP contribution in [0.5, 0.6) is 0 Å². The van der Waals surface area contributed by atoms with Gasteiger partial charge in [0, 0.05) is 26.2 Å². The van der Waals surface area contributed by atoms with E-state index in [2.05, 4.69) is 9.88 Å². The van der Waals surface area contributed by atoms with Crippen LogP contribution in [0.15, 0.2) is 23.4 Å². The standard InChI is InChI=1S/C11H15N3O2S/c1-17-10-3-2-9(8-12-10)13-4-6-14(7-5-13)11(15)16/h2-3,8H,4-7H2,1H3,(H,15,16). The maximum absolute atomic E-state index is 10.8. The van der Waals surface area contributed by atoms with Gasteiger partial charge in [-0.05, 0) is 18.4 Å². The van der Waals surface area contributed by atoms with Crippen LogP contribution in [0.4, 0.5) is 10.5 Å². The second-order valence-electron chi connectivity index (χ2n) is 3.82. The number of aromatic nitrogens is 1. The molecule has 6 heteroatoms. The smallest absolute Gasteiger partial charge is 0.407 e. The van der Waals surface area contributed by atoms with Crippen molar-refractivity contribution in [2.75, 3.05) is 37.3 Å². The normalized spacial score (nSPS) is 16.1. The van der Waals surface area contributed by atoms with Gasteiger partial charge in [0.15, 0.2) is 0 Å². The van der Waals surface area contributed by atoms with Gasteiger partial charge in [-0.2, -0.15) is 0 Å². The summed E-state index contributed by atoms with van der Waals surface area (Å²) in [7, 11) is 0. The minimum Gasteiger partial charge on any atom is -0.465 e. The van der Waals surface area contributed by atoms with E-state index < -0.39 is 6.09 Å². The number of hydrogen-bond acceptors (Lipinski definition) is 4. The first-order valence-corrected chi connectivity index (χ1v) is 6.66. The highest BCUT2D eigenvalue weighted by Crippen LogP contribution is 2.18. The van der Waals surface area contributed by atoms with Crippen molar-refractivity contribution < 1.29 is 9.90 Å². The molecule has 1 amide bonds. The summed E-state index contributed by atoms with van der Waals surface area (Å²) in [5.74, 6) is 0. The van der Waals surface area contributed by atoms with E-state index in [0.29, 0.717) is 13.1 Å². The quantitative estimate of drug-likeness (QED) is 0.811. The molecule has 1 saturated heterocycles. The Hall–Kier alpha value is -1.43. The Kier molecular flexibility index (Phi) is 3.73. The van der Waals surface area contributed by atoms with Gasteiger partial charge in [-0.15, -0.1) is 11.8 Å². The molecule has 0 bridgehead atoms. The average molecular weight is 253 g/mol. The van der Waals surface area contributed by atoms with Crippen molar-refractivity contribution in [3.05, 3.63) is 18.3 Å². The number of piperazine rings is 1. The van der Waals surface area contributed by atoms with Crippen molar-refractivity contribution in [2.24, 2.45) is 0 Å². The van der Waals surface area contributed by atoms with Crippen LogP contribution in [0.3, 0.4) is 0 Å². The molecule has 1 aromatic heterocycles. The molecule has 0 unspecified atom stereocenters. The number of anilines is 1. The molecule has 1 N–H and O–H groups in total. The fourth-order valence-corrected chi connectivity index (χ4v) is 2.20. The highest BCUT2D eigenvalue weighted by Gasteiger charge is 2.20. The van der Waals surface area contributed by atoms with Crippen molar-refractivity contribution in [3.8, 4) is 0 Å². The van der Waals surface area contributed by atoms with Crippen molar-refractivity contribution in [2.45, 2.75) is 5.03 Å². The lowest BCUT2D eigenvalue weighted by molar-refractivity contribution is 0.142. The van der Waals surface area contributed by atoms with Gasteiger partial charge >= 0.3 is 6.09 Å². The molecule has 0 aliphatic carbocycles. The molecular weight excluding hydrogens is 238 g/mol. The second kappa shape index (κ2) is 5.27. The molecule has 0 aromatic carbocycles. The number of amides is 1. The van der Waals surface area contributed by atoms with E-state index in [1.54, 1.807) is 11.8 Å². The Balaban J connectivity index is 1.97. The minimum atomic E-state index is -0.833. The summed E-state index contributed by atoms with van der Waals surface area (Å²) < 4.78 is 0. The lowest BCUT2D eigenvalue weighted by Crippen LogP contribution is -2.48. The Morgan fingerprint density at radius 3 is 2.53 bits per heavy atom. The first kappa shape index (κ1) is 12.0. The Morgan fingerprint density at radius 2 is 2.06 bits per heavy atom. The number of hydrogen-bond donors (Lipinski definition) is 1. The number of nitrogens with zero attached hydrogens (tertiary/aromatic N) is 3. The summed E-state index contributed by atoms with van der Waals surface area (Å²) >= 11 is 1.61. The van der Waals surface area contributed by atoms with E-state index in [1.165, 1.54) is 4.90 Å². The number of carboxylic acid groups (broad SMARTS) is 1. The van der Waals surface area contributed by atoms with Gasteiger partial charge in [0.05, 0.1) is 16.9 Å². The minimum absolute atomic E-state index is 0.555. The van der Waals surface area contributed by atoms with Crippen LogP contribution in [0.2, 0.25) is 0 Å². The zero-order chi connectivity index (χ0) is 12.3. The Labute approximate surface area is 104 Å². The SMILES string of the molecule is CSc1ccc(N2CCN(C(=O)O)CC2)cn1. The highest BCUT2D eigenvalue weighted by molar-refractivity contribution is 7.98. The third-order valence-electron chi connectivity index (χ3n) is 2.85. The van der Waals surface area contributed by atoms with E-state index in [1.807, 2.05) is 24.6 Å². The molecule has 17 heavy (non-hydrogen) atoms. The van der Waals surface area contributed by atoms with Crippen LogP contribution >= 0.6 is 11.8 Å². The molecule has 0 radical (unpaired) electrons. The fraction of sp³-hybridized carbons (Fsp3) is 0.455. The summed E-state index contributed by atoms with van der Waals surface area (Å²) in [5, 5.41) is 9.85. The molecule has 0 atom stereocenters. The predicted octanol–water partition coefficient (Wildman–Crippen LogP) is 1.60. The van der Waals surface area contributed by atoms with Gasteiger partial charge in [0.25, 0.3) is 0 Å². The summed E-state index contributed by atoms with van der Waals surface area (Å²) in [5.41, 5.74) is 1.06. The van der Waals surface area contributed by atoms with Gasteiger partial charge in [0.2, 0.25) is 0 Å². The van der Waals surface area contributed by atoms with Crippen molar-refractivity contribution in [3.63, 3.8) is 0 Å². The van der Waals surface area contributed by atoms with E-state index >= 15 is 0 Å². The number of thioether (sulfide) groups is 1. The van der Waals surface area contributed by atoms with Gasteiger partial charge < -0.3 is 14.9 Å². The molecule has 1 aromatic rings. The van der Waals surface area contributed by atoms with Crippen LogP contribution in [-0.2, 0) is 0 Å². The lowest BCUT2D eigenvalue weighted by Gasteiger charge is -2.34. The molecule has 2 heterocycles. The zero-order valence-corrected chi connectivity index (χ0v) is 10.5. The van der Waals surface area contributed by atoms with Crippen molar-refractivity contribution in [1.82, 2.24) is 9.88 Å². The molecule has 1 aliphatic rings. The molecule has 0 spiro atoms. The van der Waals surface area contributed by atoms with E-state index in [9.17, 15) is 4.79 Å². The topological polar surface area (TPSA) is 56.7 Å². The first-order valence-electron chi connectivity index (χ1n) is 5.43. The van der Waals surface area contributed by atoms with Crippen LogP contribution < -0.4 is 4.90 Å². The molecule has 1 aliphatic heterocycles. The second-order valence-corrected chi connectivity index (χ2v) is 4.64. The first-order chi connectivity index (χ1) is 8.20. The molecule has 1 fully saturated rings. The van der Waals surface area contributed by atoms with E-state index in [4.69, 9.17) is 5.11 Å². The third-order valence-corrected chi connectivity index (χ3v) is 3.50. The molecule has 5 nitrogen and oxygen atoms in total. The Bertz CT molecular complexity index is 388. The van der Waals surface area contributed by atoms with E-state index in [-0.39, 0.29) is 0 Å². The average Bonchev–Trinajstić information content (AvgIpc) is 2.39. The highest BCUT2D eigenvalue weighted by atomic mass is 32.2. The maximum Gasteiger partial charge on any atom is 0.407 e. The lowest BCUT2D eigenvalue weighted by atomic mass is 10.3. The van der Waals surface area contributed by atoms with Crippen LogP contribution in [0.25, 0.3) is 0 Å². The summed E-state index contributed by atoms with van der Waals surface area (Å²) in [6.45, 7) is 2.57. The third kappa shape index (κ3) is 2.82. The predicted molar refractivity (Wildman–Crippen MR) is 67.8 cm³/mol. The summed E-state index contributed by atoms with van der Waals surface area (Å²) in [4.78, 5) is 18.7. The largest absolute Gasteiger partial charge is 0.465 e. The van der Waals surface area contributed by atoms with Crippen LogP contribution in [0.1, 0.15) is 0 Å². The summed E-state index contributed by atoms with van der Waals surface area (Å²) in [6, 6.07) is 4.03. The van der Waals surface area contributed by atoms with Gasteiger partial charge in [-0.1, -0.05) is 0 Å². The van der Waals surface area contributed by atoms with Gasteiger partial charge in [0.1, 0.15) is 0 Å². The van der Waals surface area contributed by atoms with Crippen molar-refractivity contribution >= 4 is 23.5 Å². The van der Waals surface area contributed by atoms with Gasteiger partial charge in [-0.25, -0.2) is 9.78 Å². The van der Waals surface area contributed by atoms with Crippen molar-refractivity contribution in [1.29, 1.82) is 0 Å².